The maximum atomic E-state index is 4.15. The predicted molar refractivity (Wildman–Crippen MR) is 156 cm³/mol. The van der Waals surface area contributed by atoms with Crippen LogP contribution in [-0.4, -0.2) is 4.98 Å². The molecule has 3 heteroatoms. The summed E-state index contributed by atoms with van der Waals surface area (Å²) in [4.78, 5) is 6.47. The molecule has 5 aromatic rings. The zero-order valence-electron chi connectivity index (χ0n) is 20.8. The van der Waals surface area contributed by atoms with E-state index in [0.717, 1.165) is 27.1 Å². The molecule has 4 aromatic carbocycles. The third kappa shape index (κ3) is 5.12. The second-order valence-corrected chi connectivity index (χ2v) is 10.8. The van der Waals surface area contributed by atoms with Crippen LogP contribution in [0.4, 0.5) is 17.1 Å². The maximum Gasteiger partial charge on any atom is 0.0609 e. The molecule has 0 saturated heterocycles. The molecule has 2 nitrogen and oxygen atoms in total. The number of aromatic nitrogens is 1. The topological polar surface area (TPSA) is 16.1 Å². The lowest BCUT2D eigenvalue weighted by Gasteiger charge is -2.28. The number of halogens is 1. The van der Waals surface area contributed by atoms with E-state index in [2.05, 4.69) is 144 Å². The molecule has 1 heterocycles. The highest BCUT2D eigenvalue weighted by Gasteiger charge is 2.19. The molecule has 0 spiro atoms. The fraction of sp³-hybridized carbons (Fsp3) is 0.121. The van der Waals surface area contributed by atoms with Crippen molar-refractivity contribution in [1.82, 2.24) is 4.98 Å². The summed E-state index contributed by atoms with van der Waals surface area (Å²) in [7, 11) is 0. The van der Waals surface area contributed by atoms with Crippen LogP contribution < -0.4 is 4.90 Å². The Kier molecular flexibility index (Phi) is 6.75. The van der Waals surface area contributed by atoms with Crippen LogP contribution in [-0.2, 0) is 5.41 Å². The summed E-state index contributed by atoms with van der Waals surface area (Å²) in [5.41, 5.74) is 9.43. The van der Waals surface area contributed by atoms with Gasteiger partial charge in [-0.3, -0.25) is 4.98 Å². The molecule has 1 aromatic heterocycles. The molecule has 0 unspecified atom stereocenters. The summed E-state index contributed by atoms with van der Waals surface area (Å²) in [5, 5.41) is 0. The van der Waals surface area contributed by atoms with Crippen molar-refractivity contribution in [3.63, 3.8) is 0 Å². The van der Waals surface area contributed by atoms with Gasteiger partial charge >= 0.3 is 0 Å². The summed E-state index contributed by atoms with van der Waals surface area (Å²) in [5.74, 6) is 0. The second-order valence-electron chi connectivity index (χ2n) is 9.95. The zero-order valence-corrected chi connectivity index (χ0v) is 22.4. The molecule has 0 fully saturated rings. The highest BCUT2D eigenvalue weighted by molar-refractivity contribution is 9.10. The molecule has 0 aliphatic carbocycles. The van der Waals surface area contributed by atoms with E-state index in [1.54, 1.807) is 0 Å². The summed E-state index contributed by atoms with van der Waals surface area (Å²) in [6.45, 7) is 6.74. The lowest BCUT2D eigenvalue weighted by molar-refractivity contribution is 0.590. The predicted octanol–water partition coefficient (Wildman–Crippen LogP) is 9.95. The van der Waals surface area contributed by atoms with Gasteiger partial charge in [-0.25, -0.2) is 0 Å². The molecule has 36 heavy (non-hydrogen) atoms. The van der Waals surface area contributed by atoms with Gasteiger partial charge in [0, 0.05) is 28.2 Å². The van der Waals surface area contributed by atoms with Crippen LogP contribution in [0, 0.1) is 0 Å². The Morgan fingerprint density at radius 1 is 0.583 bits per heavy atom. The number of hydrogen-bond acceptors (Lipinski definition) is 2. The lowest BCUT2D eigenvalue weighted by Crippen LogP contribution is -2.13. The highest BCUT2D eigenvalue weighted by Crippen LogP contribution is 2.42. The number of benzene rings is 4. The first-order chi connectivity index (χ1) is 17.4. The SMILES string of the molecule is CC(C)(C)c1ccc(N(c2ccc(-c3ccncc3)cc2)c2cc(-c3ccccc3)ccc2Br)cc1. The van der Waals surface area contributed by atoms with Crippen molar-refractivity contribution in [2.24, 2.45) is 0 Å². The summed E-state index contributed by atoms with van der Waals surface area (Å²) in [6, 6.07) is 38.8. The standard InChI is InChI=1S/C33H29BrN2/c1-33(2,3)28-12-16-30(17-13-28)36(29-14-9-25(10-15-29)26-19-21-35-22-20-26)32-23-27(11-18-31(32)34)24-7-5-4-6-8-24/h4-23H,1-3H3. The summed E-state index contributed by atoms with van der Waals surface area (Å²) < 4.78 is 1.04. The van der Waals surface area contributed by atoms with Crippen LogP contribution in [0.15, 0.2) is 126 Å². The zero-order chi connectivity index (χ0) is 25.1. The maximum absolute atomic E-state index is 4.15. The number of pyridine rings is 1. The van der Waals surface area contributed by atoms with Crippen molar-refractivity contribution in [3.05, 3.63) is 132 Å². The van der Waals surface area contributed by atoms with Gasteiger partial charge in [-0.1, -0.05) is 81.4 Å². The van der Waals surface area contributed by atoms with E-state index in [4.69, 9.17) is 0 Å². The summed E-state index contributed by atoms with van der Waals surface area (Å²) >= 11 is 3.85. The van der Waals surface area contributed by atoms with Gasteiger partial charge in [-0.2, -0.15) is 0 Å². The smallest absolute Gasteiger partial charge is 0.0609 e. The molecule has 0 amide bonds. The molecule has 5 rings (SSSR count). The van der Waals surface area contributed by atoms with E-state index in [1.807, 2.05) is 24.5 Å². The lowest BCUT2D eigenvalue weighted by atomic mass is 9.87. The van der Waals surface area contributed by atoms with Gasteiger partial charge in [0.15, 0.2) is 0 Å². The molecule has 0 saturated carbocycles. The second kappa shape index (κ2) is 10.1. The van der Waals surface area contributed by atoms with Crippen LogP contribution in [0.2, 0.25) is 0 Å². The Labute approximate surface area is 222 Å². The largest absolute Gasteiger partial charge is 0.309 e. The van der Waals surface area contributed by atoms with Gasteiger partial charge in [-0.05, 0) is 97.7 Å². The average molecular weight is 534 g/mol. The minimum atomic E-state index is 0.101. The Hall–Kier alpha value is -3.69. The Balaban J connectivity index is 1.63. The van der Waals surface area contributed by atoms with E-state index in [1.165, 1.54) is 22.3 Å². The van der Waals surface area contributed by atoms with E-state index in [0.29, 0.717) is 0 Å². The molecule has 0 radical (unpaired) electrons. The number of hydrogen-bond donors (Lipinski definition) is 0. The highest BCUT2D eigenvalue weighted by atomic mass is 79.9. The first-order valence-electron chi connectivity index (χ1n) is 12.2. The van der Waals surface area contributed by atoms with Gasteiger partial charge in [-0.15, -0.1) is 0 Å². The van der Waals surface area contributed by atoms with E-state index < -0.39 is 0 Å². The number of anilines is 3. The summed E-state index contributed by atoms with van der Waals surface area (Å²) in [6.07, 6.45) is 3.66. The molecule has 0 aliphatic rings. The van der Waals surface area contributed by atoms with E-state index in [9.17, 15) is 0 Å². The van der Waals surface area contributed by atoms with Crippen molar-refractivity contribution in [1.29, 1.82) is 0 Å². The minimum absolute atomic E-state index is 0.101. The van der Waals surface area contributed by atoms with Gasteiger partial charge in [0.1, 0.15) is 0 Å². The molecule has 0 atom stereocenters. The van der Waals surface area contributed by atoms with Crippen molar-refractivity contribution < 1.29 is 0 Å². The minimum Gasteiger partial charge on any atom is -0.309 e. The Bertz CT molecular complexity index is 1440. The third-order valence-electron chi connectivity index (χ3n) is 6.42. The quantitative estimate of drug-likeness (QED) is 0.224. The monoisotopic (exact) mass is 532 g/mol. The van der Waals surface area contributed by atoms with E-state index in [-0.39, 0.29) is 5.41 Å². The van der Waals surface area contributed by atoms with Crippen LogP contribution >= 0.6 is 15.9 Å². The first-order valence-corrected chi connectivity index (χ1v) is 13.0. The van der Waals surface area contributed by atoms with E-state index >= 15 is 0 Å². The Morgan fingerprint density at radius 3 is 1.72 bits per heavy atom. The van der Waals surface area contributed by atoms with Crippen molar-refractivity contribution in [2.45, 2.75) is 26.2 Å². The molecule has 0 aliphatic heterocycles. The van der Waals surface area contributed by atoms with Crippen LogP contribution in [0.5, 0.6) is 0 Å². The van der Waals surface area contributed by atoms with Gasteiger partial charge in [0.05, 0.1) is 5.69 Å². The van der Waals surface area contributed by atoms with Crippen LogP contribution in [0.3, 0.4) is 0 Å². The normalized spacial score (nSPS) is 11.3. The van der Waals surface area contributed by atoms with Crippen LogP contribution in [0.25, 0.3) is 22.3 Å². The van der Waals surface area contributed by atoms with Gasteiger partial charge in [0.2, 0.25) is 0 Å². The van der Waals surface area contributed by atoms with Crippen molar-refractivity contribution >= 4 is 33.0 Å². The Morgan fingerprint density at radius 2 is 1.11 bits per heavy atom. The first kappa shape index (κ1) is 24.0. The fourth-order valence-corrected chi connectivity index (χ4v) is 4.80. The molecular weight excluding hydrogens is 504 g/mol. The molecular formula is C33H29BrN2. The molecule has 0 bridgehead atoms. The fourth-order valence-electron chi connectivity index (χ4n) is 4.38. The van der Waals surface area contributed by atoms with Gasteiger partial charge in [0.25, 0.3) is 0 Å². The van der Waals surface area contributed by atoms with Crippen LogP contribution in [0.1, 0.15) is 26.3 Å². The number of nitrogens with zero attached hydrogens (tertiary/aromatic N) is 2. The van der Waals surface area contributed by atoms with Crippen molar-refractivity contribution in [2.75, 3.05) is 4.90 Å². The van der Waals surface area contributed by atoms with Crippen molar-refractivity contribution in [3.8, 4) is 22.3 Å². The molecule has 178 valence electrons. The number of rotatable bonds is 5. The third-order valence-corrected chi connectivity index (χ3v) is 7.10. The molecule has 0 N–H and O–H groups in total. The van der Waals surface area contributed by atoms with Gasteiger partial charge < -0.3 is 4.90 Å². The average Bonchev–Trinajstić information content (AvgIpc) is 2.91.